The molecular weight excluding hydrogens is 132 g/mol. The Kier molecular flexibility index (Phi) is 4.99. The molecule has 3 heteroatoms. The molecule has 36 valence electrons. The van der Waals surface area contributed by atoms with Crippen molar-refractivity contribution in [3.63, 3.8) is 0 Å². The Hall–Kier alpha value is 0.716. The van der Waals surface area contributed by atoms with Crippen molar-refractivity contribution in [2.75, 3.05) is 0 Å². The molecule has 1 heterocycles. The van der Waals surface area contributed by atoms with Crippen molar-refractivity contribution in [3.8, 4) is 0 Å². The van der Waals surface area contributed by atoms with Crippen LogP contribution in [0, 0.1) is 12.0 Å². The van der Waals surface area contributed by atoms with Crippen LogP contribution in [0.1, 0.15) is 0 Å². The summed E-state index contributed by atoms with van der Waals surface area (Å²) in [5, 5.41) is 0. The number of hydrogen-bond donors (Lipinski definition) is 0. The number of pyridine rings is 1. The summed E-state index contributed by atoms with van der Waals surface area (Å²) in [7, 11) is 0. The molecule has 1 aromatic rings. The van der Waals surface area contributed by atoms with Crippen LogP contribution >= 0.6 is 0 Å². The third-order valence-electron chi connectivity index (χ3n) is 0.580. The molecule has 0 bridgehead atoms. The summed E-state index contributed by atoms with van der Waals surface area (Å²) in [5.41, 5.74) is 0. The van der Waals surface area contributed by atoms with Gasteiger partial charge in [-0.15, -0.1) is 0 Å². The van der Waals surface area contributed by atoms with Gasteiger partial charge in [0, 0.05) is 0 Å². The molecule has 0 spiro atoms. The van der Waals surface area contributed by atoms with E-state index in [9.17, 15) is 4.39 Å². The maximum Gasteiger partial charge on any atom is 1.00 e. The third-order valence-corrected chi connectivity index (χ3v) is 0.580. The fourth-order valence-corrected chi connectivity index (χ4v) is 0.302. The fraction of sp³-hybridized carbons (Fsp3) is 0. The van der Waals surface area contributed by atoms with Crippen LogP contribution in [0.15, 0.2) is 18.3 Å². The van der Waals surface area contributed by atoms with Gasteiger partial charge in [-0.05, 0) is 0 Å². The SMILES string of the molecule is Fc1cc[c-]cn1.[K+]. The van der Waals surface area contributed by atoms with Crippen LogP contribution in [-0.2, 0) is 0 Å². The Morgan fingerprint density at radius 3 is 2.62 bits per heavy atom. The maximum atomic E-state index is 11.8. The Morgan fingerprint density at radius 1 is 1.62 bits per heavy atom. The third kappa shape index (κ3) is 2.89. The summed E-state index contributed by atoms with van der Waals surface area (Å²) < 4.78 is 11.8. The predicted molar refractivity (Wildman–Crippen MR) is 23.0 cm³/mol. The minimum Gasteiger partial charge on any atom is -0.266 e. The number of halogens is 1. The largest absolute Gasteiger partial charge is 1.00 e. The van der Waals surface area contributed by atoms with Crippen LogP contribution in [0.25, 0.3) is 0 Å². The number of rotatable bonds is 0. The first kappa shape index (κ1) is 8.72. The number of aromatic nitrogens is 1. The van der Waals surface area contributed by atoms with E-state index in [1.807, 2.05) is 0 Å². The van der Waals surface area contributed by atoms with Gasteiger partial charge >= 0.3 is 51.4 Å². The first-order valence-corrected chi connectivity index (χ1v) is 1.87. The summed E-state index contributed by atoms with van der Waals surface area (Å²) in [6.45, 7) is 0. The van der Waals surface area contributed by atoms with Crippen LogP contribution in [-0.4, -0.2) is 4.98 Å². The Labute approximate surface area is 89.7 Å². The summed E-state index contributed by atoms with van der Waals surface area (Å²) in [5.74, 6) is -0.459. The van der Waals surface area contributed by atoms with Gasteiger partial charge in [0.1, 0.15) is 5.95 Å². The van der Waals surface area contributed by atoms with Crippen molar-refractivity contribution in [3.05, 3.63) is 30.3 Å². The zero-order chi connectivity index (χ0) is 5.11. The molecule has 8 heavy (non-hydrogen) atoms. The molecule has 0 saturated heterocycles. The minimum atomic E-state index is -0.459. The van der Waals surface area contributed by atoms with Crippen LogP contribution in [0.4, 0.5) is 4.39 Å². The zero-order valence-corrected chi connectivity index (χ0v) is 7.68. The van der Waals surface area contributed by atoms with Crippen molar-refractivity contribution in [1.29, 1.82) is 0 Å². The molecule has 0 aliphatic rings. The molecule has 0 unspecified atom stereocenters. The molecule has 1 nitrogen and oxygen atoms in total. The minimum absolute atomic E-state index is 0. The monoisotopic (exact) mass is 135 g/mol. The predicted octanol–water partition coefficient (Wildman–Crippen LogP) is -1.98. The normalized spacial score (nSPS) is 7.62. The van der Waals surface area contributed by atoms with Crippen LogP contribution < -0.4 is 51.4 Å². The fourth-order valence-electron chi connectivity index (χ4n) is 0.302. The summed E-state index contributed by atoms with van der Waals surface area (Å²) >= 11 is 0. The first-order chi connectivity index (χ1) is 3.39. The summed E-state index contributed by atoms with van der Waals surface area (Å²) in [6.07, 6.45) is 1.29. The van der Waals surface area contributed by atoms with Gasteiger partial charge in [-0.2, -0.15) is 6.07 Å². The zero-order valence-electron chi connectivity index (χ0n) is 4.56. The molecule has 0 aromatic carbocycles. The van der Waals surface area contributed by atoms with Crippen LogP contribution in [0.5, 0.6) is 0 Å². The molecule has 0 fully saturated rings. The van der Waals surface area contributed by atoms with Gasteiger partial charge in [-0.1, -0.05) is 6.20 Å². The van der Waals surface area contributed by atoms with Gasteiger partial charge in [0.15, 0.2) is 0 Å². The molecule has 0 aliphatic heterocycles. The number of nitrogens with zero attached hydrogens (tertiary/aromatic N) is 1. The Bertz CT molecular complexity index is 142. The van der Waals surface area contributed by atoms with Gasteiger partial charge in [0.2, 0.25) is 0 Å². The quantitative estimate of drug-likeness (QED) is 0.228. The smallest absolute Gasteiger partial charge is 0.266 e. The van der Waals surface area contributed by atoms with E-state index in [1.165, 1.54) is 18.3 Å². The molecule has 0 N–H and O–H groups in total. The van der Waals surface area contributed by atoms with Gasteiger partial charge in [-0.25, -0.2) is 16.5 Å². The van der Waals surface area contributed by atoms with E-state index in [4.69, 9.17) is 0 Å². The molecule has 0 saturated carbocycles. The standard InChI is InChI=1S/C5H3FN.K/c6-5-3-1-2-4-7-5;/h1,3-4H;/q-1;+1. The molecule has 0 aliphatic carbocycles. The van der Waals surface area contributed by atoms with E-state index in [2.05, 4.69) is 11.1 Å². The van der Waals surface area contributed by atoms with E-state index < -0.39 is 5.95 Å². The van der Waals surface area contributed by atoms with Gasteiger partial charge in [0.05, 0.1) is 0 Å². The average molecular weight is 135 g/mol. The second-order valence-corrected chi connectivity index (χ2v) is 1.08. The molecular formula is C5H3FKN. The van der Waals surface area contributed by atoms with E-state index in [-0.39, 0.29) is 51.4 Å². The van der Waals surface area contributed by atoms with Crippen molar-refractivity contribution < 1.29 is 55.8 Å². The molecule has 0 radical (unpaired) electrons. The van der Waals surface area contributed by atoms with E-state index >= 15 is 0 Å². The second kappa shape index (κ2) is 4.58. The topological polar surface area (TPSA) is 12.9 Å². The van der Waals surface area contributed by atoms with Crippen LogP contribution in [0.2, 0.25) is 0 Å². The van der Waals surface area contributed by atoms with Crippen molar-refractivity contribution in [1.82, 2.24) is 4.98 Å². The Balaban J connectivity index is 0.000000490. The van der Waals surface area contributed by atoms with Crippen molar-refractivity contribution in [2.24, 2.45) is 0 Å². The molecule has 1 aromatic heterocycles. The summed E-state index contributed by atoms with van der Waals surface area (Å²) in [4.78, 5) is 3.26. The molecule has 1 rings (SSSR count). The van der Waals surface area contributed by atoms with E-state index in [0.717, 1.165) is 0 Å². The molecule has 0 atom stereocenters. The average Bonchev–Trinajstić information content (AvgIpc) is 1.69. The van der Waals surface area contributed by atoms with Crippen molar-refractivity contribution in [2.45, 2.75) is 0 Å². The van der Waals surface area contributed by atoms with Gasteiger partial charge < -0.3 is 0 Å². The van der Waals surface area contributed by atoms with Gasteiger partial charge in [-0.3, -0.25) is 4.98 Å². The Morgan fingerprint density at radius 2 is 2.38 bits per heavy atom. The van der Waals surface area contributed by atoms with Gasteiger partial charge in [0.25, 0.3) is 0 Å². The van der Waals surface area contributed by atoms with E-state index in [1.54, 1.807) is 0 Å². The number of hydrogen-bond acceptors (Lipinski definition) is 1. The second-order valence-electron chi connectivity index (χ2n) is 1.08. The maximum absolute atomic E-state index is 11.8. The molecule has 0 amide bonds. The van der Waals surface area contributed by atoms with Crippen LogP contribution in [0.3, 0.4) is 0 Å². The first-order valence-electron chi connectivity index (χ1n) is 1.87. The summed E-state index contributed by atoms with van der Waals surface area (Å²) in [6, 6.07) is 5.31. The van der Waals surface area contributed by atoms with E-state index in [0.29, 0.717) is 0 Å². The van der Waals surface area contributed by atoms with Crippen molar-refractivity contribution >= 4 is 0 Å².